The fourth-order valence-electron chi connectivity index (χ4n) is 2.81. The molecule has 0 amide bonds. The third kappa shape index (κ3) is 2.73. The smallest absolute Gasteiger partial charge is 0.00124 e. The van der Waals surface area contributed by atoms with E-state index in [1.807, 2.05) is 0 Å². The maximum absolute atomic E-state index is 2.73. The lowest BCUT2D eigenvalue weighted by Crippen LogP contribution is -2.42. The van der Waals surface area contributed by atoms with E-state index in [9.17, 15) is 0 Å². The summed E-state index contributed by atoms with van der Waals surface area (Å²) in [4.78, 5) is 2.73. The van der Waals surface area contributed by atoms with Crippen LogP contribution < -0.4 is 0 Å². The van der Waals surface area contributed by atoms with Crippen LogP contribution in [-0.2, 0) is 0 Å². The third-order valence-corrected chi connectivity index (χ3v) is 3.92. The predicted molar refractivity (Wildman–Crippen MR) is 61.3 cm³/mol. The highest BCUT2D eigenvalue weighted by molar-refractivity contribution is 4.83. The molecular formula is C13H25N. The van der Waals surface area contributed by atoms with Crippen LogP contribution in [-0.4, -0.2) is 24.5 Å². The minimum Gasteiger partial charge on any atom is -0.303 e. The summed E-state index contributed by atoms with van der Waals surface area (Å²) in [5, 5.41) is 0. The van der Waals surface area contributed by atoms with E-state index in [2.05, 4.69) is 25.7 Å². The first-order valence-electron chi connectivity index (χ1n) is 6.37. The molecule has 0 aromatic heterocycles. The average molecular weight is 195 g/mol. The van der Waals surface area contributed by atoms with E-state index in [4.69, 9.17) is 0 Å². The Kier molecular flexibility index (Phi) is 3.16. The van der Waals surface area contributed by atoms with E-state index in [0.717, 1.165) is 23.7 Å². The molecule has 2 rings (SSSR count). The Hall–Kier alpha value is -0.0400. The van der Waals surface area contributed by atoms with Crippen LogP contribution in [0.4, 0.5) is 0 Å². The number of nitrogens with zero attached hydrogens (tertiary/aromatic N) is 1. The Morgan fingerprint density at radius 3 is 2.50 bits per heavy atom. The van der Waals surface area contributed by atoms with Gasteiger partial charge in [0, 0.05) is 19.6 Å². The lowest BCUT2D eigenvalue weighted by Gasteiger charge is -2.38. The van der Waals surface area contributed by atoms with Gasteiger partial charge in [-0.1, -0.05) is 20.8 Å². The summed E-state index contributed by atoms with van der Waals surface area (Å²) >= 11 is 0. The van der Waals surface area contributed by atoms with Crippen LogP contribution in [0.3, 0.4) is 0 Å². The van der Waals surface area contributed by atoms with Crippen LogP contribution in [0.2, 0.25) is 0 Å². The van der Waals surface area contributed by atoms with Gasteiger partial charge in [0.05, 0.1) is 0 Å². The summed E-state index contributed by atoms with van der Waals surface area (Å²) in [6.07, 6.45) is 4.45. The fourth-order valence-corrected chi connectivity index (χ4v) is 2.81. The van der Waals surface area contributed by atoms with Crippen molar-refractivity contribution < 1.29 is 0 Å². The van der Waals surface area contributed by atoms with Crippen LogP contribution in [0.15, 0.2) is 0 Å². The molecule has 1 saturated heterocycles. The first-order chi connectivity index (χ1) is 6.65. The molecule has 0 radical (unpaired) electrons. The lowest BCUT2D eigenvalue weighted by molar-refractivity contribution is 0.103. The highest BCUT2D eigenvalue weighted by Gasteiger charge is 2.30. The first kappa shape index (κ1) is 10.5. The maximum Gasteiger partial charge on any atom is 0.00124 e. The molecule has 2 fully saturated rings. The minimum absolute atomic E-state index is 0.874. The second-order valence-electron chi connectivity index (χ2n) is 6.01. The molecule has 0 aromatic rings. The number of piperidine rings is 1. The Labute approximate surface area is 88.9 Å². The van der Waals surface area contributed by atoms with Crippen molar-refractivity contribution >= 4 is 0 Å². The Morgan fingerprint density at radius 2 is 1.93 bits per heavy atom. The molecule has 1 aliphatic heterocycles. The quantitative estimate of drug-likeness (QED) is 0.669. The molecule has 1 aliphatic carbocycles. The van der Waals surface area contributed by atoms with Gasteiger partial charge in [-0.25, -0.2) is 0 Å². The molecule has 0 bridgehead atoms. The summed E-state index contributed by atoms with van der Waals surface area (Å²) in [7, 11) is 0. The van der Waals surface area contributed by atoms with Crippen molar-refractivity contribution in [2.75, 3.05) is 19.6 Å². The summed E-state index contributed by atoms with van der Waals surface area (Å²) in [5.41, 5.74) is 0. The number of likely N-dealkylation sites (tertiary alicyclic amines) is 1. The molecule has 0 aromatic carbocycles. The Morgan fingerprint density at radius 1 is 1.21 bits per heavy atom. The zero-order chi connectivity index (χ0) is 10.1. The van der Waals surface area contributed by atoms with Crippen LogP contribution >= 0.6 is 0 Å². The summed E-state index contributed by atoms with van der Waals surface area (Å²) in [6, 6.07) is 0. The molecule has 2 atom stereocenters. The Bertz CT molecular complexity index is 182. The normalized spacial score (nSPS) is 35.1. The largest absolute Gasteiger partial charge is 0.303 e. The maximum atomic E-state index is 2.73. The van der Waals surface area contributed by atoms with Crippen molar-refractivity contribution in [3.05, 3.63) is 0 Å². The number of rotatable bonds is 3. The van der Waals surface area contributed by atoms with Crippen LogP contribution in [0, 0.1) is 23.7 Å². The summed E-state index contributed by atoms with van der Waals surface area (Å²) in [5.74, 6) is 3.82. The van der Waals surface area contributed by atoms with Crippen molar-refractivity contribution in [1.29, 1.82) is 0 Å². The van der Waals surface area contributed by atoms with E-state index >= 15 is 0 Å². The second kappa shape index (κ2) is 4.22. The van der Waals surface area contributed by atoms with Gasteiger partial charge in [-0.15, -0.1) is 0 Å². The van der Waals surface area contributed by atoms with Gasteiger partial charge in [0.1, 0.15) is 0 Å². The van der Waals surface area contributed by atoms with Gasteiger partial charge in [0.2, 0.25) is 0 Å². The van der Waals surface area contributed by atoms with Crippen molar-refractivity contribution in [1.82, 2.24) is 4.90 Å². The van der Waals surface area contributed by atoms with Crippen LogP contribution in [0.25, 0.3) is 0 Å². The lowest BCUT2D eigenvalue weighted by atomic mass is 9.83. The fraction of sp³-hybridized carbons (Fsp3) is 1.00. The summed E-state index contributed by atoms with van der Waals surface area (Å²) < 4.78 is 0. The standard InChI is InChI=1S/C13H25N/c1-10(2)13-6-11(3)7-14(9-13)8-12-4-5-12/h10-13H,4-9H2,1-3H3/t11-,13+/m0/s1. The van der Waals surface area contributed by atoms with Gasteiger partial charge in [-0.3, -0.25) is 0 Å². The molecule has 1 nitrogen and oxygen atoms in total. The second-order valence-corrected chi connectivity index (χ2v) is 6.01. The van der Waals surface area contributed by atoms with E-state index in [0.29, 0.717) is 0 Å². The topological polar surface area (TPSA) is 3.24 Å². The third-order valence-electron chi connectivity index (χ3n) is 3.92. The van der Waals surface area contributed by atoms with Crippen molar-refractivity contribution in [3.8, 4) is 0 Å². The number of hydrogen-bond donors (Lipinski definition) is 0. The molecule has 1 heterocycles. The van der Waals surface area contributed by atoms with Gasteiger partial charge in [-0.05, 0) is 42.9 Å². The SMILES string of the molecule is CC(C)[C@@H]1C[C@H](C)CN(CC2CC2)C1. The van der Waals surface area contributed by atoms with Crippen LogP contribution in [0.1, 0.15) is 40.0 Å². The predicted octanol–water partition coefficient (Wildman–Crippen LogP) is 3.01. The van der Waals surface area contributed by atoms with Gasteiger partial charge in [0.25, 0.3) is 0 Å². The van der Waals surface area contributed by atoms with E-state index in [1.54, 1.807) is 0 Å². The van der Waals surface area contributed by atoms with Gasteiger partial charge >= 0.3 is 0 Å². The van der Waals surface area contributed by atoms with Gasteiger partial charge in [0.15, 0.2) is 0 Å². The Balaban J connectivity index is 1.84. The van der Waals surface area contributed by atoms with Gasteiger partial charge < -0.3 is 4.90 Å². The van der Waals surface area contributed by atoms with E-state index < -0.39 is 0 Å². The van der Waals surface area contributed by atoms with Crippen molar-refractivity contribution in [2.24, 2.45) is 23.7 Å². The number of hydrogen-bond acceptors (Lipinski definition) is 1. The highest BCUT2D eigenvalue weighted by atomic mass is 15.1. The zero-order valence-corrected chi connectivity index (χ0v) is 10.00. The molecule has 2 aliphatic rings. The molecule has 14 heavy (non-hydrogen) atoms. The average Bonchev–Trinajstić information content (AvgIpc) is 2.87. The van der Waals surface area contributed by atoms with Crippen LogP contribution in [0.5, 0.6) is 0 Å². The molecule has 1 heteroatoms. The molecule has 0 N–H and O–H groups in total. The first-order valence-corrected chi connectivity index (χ1v) is 6.37. The summed E-state index contributed by atoms with van der Waals surface area (Å²) in [6.45, 7) is 11.3. The van der Waals surface area contributed by atoms with Gasteiger partial charge in [-0.2, -0.15) is 0 Å². The van der Waals surface area contributed by atoms with Crippen molar-refractivity contribution in [3.63, 3.8) is 0 Å². The van der Waals surface area contributed by atoms with E-state index in [-0.39, 0.29) is 0 Å². The van der Waals surface area contributed by atoms with E-state index in [1.165, 1.54) is 38.9 Å². The van der Waals surface area contributed by atoms with Crippen molar-refractivity contribution in [2.45, 2.75) is 40.0 Å². The monoisotopic (exact) mass is 195 g/mol. The zero-order valence-electron chi connectivity index (χ0n) is 10.00. The molecule has 82 valence electrons. The minimum atomic E-state index is 0.874. The molecular weight excluding hydrogens is 170 g/mol. The highest BCUT2D eigenvalue weighted by Crippen LogP contribution is 2.33. The molecule has 0 unspecified atom stereocenters. The molecule has 0 spiro atoms. The molecule has 1 saturated carbocycles.